The molecule has 38 heavy (non-hydrogen) atoms. The molecule has 0 saturated carbocycles. The molecule has 1 saturated heterocycles. The largest absolute Gasteiger partial charge is 0.495 e. The van der Waals surface area contributed by atoms with Crippen LogP contribution in [-0.2, 0) is 4.84 Å². The fraction of sp³-hybridized carbons (Fsp3) is 0.400. The first-order valence-electron chi connectivity index (χ1n) is 13.3. The number of aliphatic imine (C=N–C) groups is 1. The predicted molar refractivity (Wildman–Crippen MR) is 150 cm³/mol. The van der Waals surface area contributed by atoms with Crippen LogP contribution in [0.1, 0.15) is 57.0 Å². The molecule has 3 heterocycles. The van der Waals surface area contributed by atoms with Gasteiger partial charge in [0.15, 0.2) is 5.84 Å². The Labute approximate surface area is 225 Å². The number of halogens is 1. The van der Waals surface area contributed by atoms with E-state index in [4.69, 9.17) is 14.6 Å². The van der Waals surface area contributed by atoms with Gasteiger partial charge in [0.05, 0.1) is 44.1 Å². The van der Waals surface area contributed by atoms with Gasteiger partial charge in [-0.2, -0.15) is 0 Å². The minimum Gasteiger partial charge on any atom is -0.495 e. The molecule has 7 nitrogen and oxygen atoms in total. The van der Waals surface area contributed by atoms with Crippen LogP contribution in [0, 0.1) is 18.7 Å². The van der Waals surface area contributed by atoms with E-state index in [0.29, 0.717) is 19.6 Å². The number of amidine groups is 1. The molecule has 3 aromatic rings. The van der Waals surface area contributed by atoms with Crippen molar-refractivity contribution in [3.8, 4) is 11.4 Å². The lowest BCUT2D eigenvalue weighted by molar-refractivity contribution is -0.156. The highest BCUT2D eigenvalue weighted by atomic mass is 19.1. The van der Waals surface area contributed by atoms with Crippen LogP contribution in [-0.4, -0.2) is 52.4 Å². The Morgan fingerprint density at radius 3 is 2.50 bits per heavy atom. The number of nitrogens with zero attached hydrogens (tertiary/aromatic N) is 4. The average molecular weight is 523 g/mol. The Kier molecular flexibility index (Phi) is 10.6. The summed E-state index contributed by atoms with van der Waals surface area (Å²) in [5.41, 5.74) is 4.76. The summed E-state index contributed by atoms with van der Waals surface area (Å²) in [6.07, 6.45) is 6.53. The van der Waals surface area contributed by atoms with Crippen molar-refractivity contribution in [2.75, 3.05) is 26.9 Å². The first kappa shape index (κ1) is 29.1. The zero-order valence-corrected chi connectivity index (χ0v) is 23.2. The number of hydrogen-bond acceptors (Lipinski definition) is 6. The van der Waals surface area contributed by atoms with Gasteiger partial charge in [-0.05, 0) is 54.0 Å². The second kappa shape index (κ2) is 13.9. The lowest BCUT2D eigenvalue weighted by Gasteiger charge is -2.43. The number of hydrogen-bond donors (Lipinski definition) is 1. The number of methoxy groups -OCH3 is 1. The molecule has 1 N–H and O–H groups in total. The van der Waals surface area contributed by atoms with Gasteiger partial charge in [-0.1, -0.05) is 45.9 Å². The van der Waals surface area contributed by atoms with Crippen molar-refractivity contribution < 1.29 is 19.1 Å². The summed E-state index contributed by atoms with van der Waals surface area (Å²) in [5, 5.41) is 11.8. The van der Waals surface area contributed by atoms with Crippen molar-refractivity contribution in [3.05, 3.63) is 83.2 Å². The Morgan fingerprint density at radius 1 is 1.13 bits per heavy atom. The van der Waals surface area contributed by atoms with Gasteiger partial charge in [-0.3, -0.25) is 9.83 Å². The Balaban J connectivity index is 0.000000956. The molecule has 2 aliphatic rings. The molecule has 2 aliphatic heterocycles. The summed E-state index contributed by atoms with van der Waals surface area (Å²) in [4.78, 5) is 15.1. The number of fused-ring (bicyclic) bond motifs is 1. The molecule has 204 valence electrons. The Hall–Kier alpha value is -3.49. The molecule has 8 heteroatoms. The highest BCUT2D eigenvalue weighted by Crippen LogP contribution is 2.37. The van der Waals surface area contributed by atoms with Crippen molar-refractivity contribution in [3.63, 3.8) is 0 Å². The zero-order chi connectivity index (χ0) is 27.7. The molecular weight excluding hydrogens is 483 g/mol. The fourth-order valence-electron chi connectivity index (χ4n) is 4.56. The normalized spacial score (nSPS) is 19.4. The number of hydroxylamine groups is 2. The monoisotopic (exact) mass is 522 g/mol. The quantitative estimate of drug-likeness (QED) is 0.434. The molecule has 2 unspecified atom stereocenters. The van der Waals surface area contributed by atoms with Crippen LogP contribution in [0.2, 0.25) is 0 Å². The molecule has 5 rings (SSSR count). The first-order chi connectivity index (χ1) is 18.6. The van der Waals surface area contributed by atoms with Gasteiger partial charge in [0.25, 0.3) is 0 Å². The molecule has 0 aliphatic carbocycles. The standard InChI is InChI=1S/C26H27FN4O3.2C2H6/c1-17-14-30(16-29-17)23-8-3-18(12-24(23)33-2)11-20-9-10-34-31-25(19-4-6-22(27)7-5-19)21(15-32)13-28-26(20)31;2*1-2/h3-8,11-12,14,16,21,25,32H,9-10,13,15H2,1-2H3;2*1-2H3/b20-11+;;. The molecule has 0 bridgehead atoms. The molecule has 2 atom stereocenters. The molecule has 0 spiro atoms. The number of imidazole rings is 1. The van der Waals surface area contributed by atoms with Crippen molar-refractivity contribution in [1.82, 2.24) is 14.6 Å². The van der Waals surface area contributed by atoms with E-state index in [1.54, 1.807) is 30.6 Å². The van der Waals surface area contributed by atoms with Crippen LogP contribution in [0.5, 0.6) is 5.75 Å². The second-order valence-electron chi connectivity index (χ2n) is 8.54. The van der Waals surface area contributed by atoms with Crippen LogP contribution in [0.4, 0.5) is 4.39 Å². The van der Waals surface area contributed by atoms with E-state index in [9.17, 15) is 9.50 Å². The predicted octanol–water partition coefficient (Wildman–Crippen LogP) is 6.16. The molecule has 1 fully saturated rings. The zero-order valence-electron chi connectivity index (χ0n) is 23.2. The summed E-state index contributed by atoms with van der Waals surface area (Å²) in [6, 6.07) is 12.2. The maximum Gasteiger partial charge on any atom is 0.151 e. The highest BCUT2D eigenvalue weighted by molar-refractivity contribution is 6.02. The molecule has 2 aromatic carbocycles. The molecule has 1 aromatic heterocycles. The highest BCUT2D eigenvalue weighted by Gasteiger charge is 2.38. The van der Waals surface area contributed by atoms with Crippen LogP contribution < -0.4 is 4.74 Å². The maximum atomic E-state index is 13.5. The molecular formula is C30H39FN4O3. The number of rotatable bonds is 5. The first-order valence-corrected chi connectivity index (χ1v) is 13.3. The third kappa shape index (κ3) is 6.31. The lowest BCUT2D eigenvalue weighted by Crippen LogP contribution is -2.47. The smallest absolute Gasteiger partial charge is 0.151 e. The number of aryl methyl sites for hydroxylation is 1. The second-order valence-corrected chi connectivity index (χ2v) is 8.54. The van der Waals surface area contributed by atoms with E-state index < -0.39 is 0 Å². The summed E-state index contributed by atoms with van der Waals surface area (Å²) in [5.74, 6) is 1.05. The SMILES string of the molecule is CC.CC.COc1cc(/C=C2\CCON3C2=NCC(CO)C3c2ccc(F)cc2)ccc1-n1cnc(C)c1. The van der Waals surface area contributed by atoms with Crippen molar-refractivity contribution in [2.45, 2.75) is 47.1 Å². The summed E-state index contributed by atoms with van der Waals surface area (Å²) >= 11 is 0. The van der Waals surface area contributed by atoms with E-state index >= 15 is 0 Å². The van der Waals surface area contributed by atoms with Gasteiger partial charge in [0.2, 0.25) is 0 Å². The van der Waals surface area contributed by atoms with Crippen LogP contribution >= 0.6 is 0 Å². The summed E-state index contributed by atoms with van der Waals surface area (Å²) in [6.45, 7) is 10.9. The van der Waals surface area contributed by atoms with E-state index in [2.05, 4.69) is 11.1 Å². The van der Waals surface area contributed by atoms with E-state index in [0.717, 1.165) is 39.7 Å². The van der Waals surface area contributed by atoms with Crippen molar-refractivity contribution in [2.24, 2.45) is 10.9 Å². The topological polar surface area (TPSA) is 72.1 Å². The van der Waals surface area contributed by atoms with Crippen LogP contribution in [0.15, 0.2) is 65.6 Å². The average Bonchev–Trinajstić information content (AvgIpc) is 3.41. The van der Waals surface area contributed by atoms with E-state index in [-0.39, 0.29) is 24.4 Å². The van der Waals surface area contributed by atoms with Gasteiger partial charge in [0, 0.05) is 25.1 Å². The van der Waals surface area contributed by atoms with Crippen molar-refractivity contribution in [1.29, 1.82) is 0 Å². The molecule has 0 radical (unpaired) electrons. The Bertz CT molecular complexity index is 1240. The Morgan fingerprint density at radius 2 is 1.87 bits per heavy atom. The van der Waals surface area contributed by atoms with Gasteiger partial charge >= 0.3 is 0 Å². The minimum absolute atomic E-state index is 0.0376. The van der Waals surface area contributed by atoms with Gasteiger partial charge < -0.3 is 14.4 Å². The van der Waals surface area contributed by atoms with Crippen LogP contribution in [0.25, 0.3) is 11.8 Å². The summed E-state index contributed by atoms with van der Waals surface area (Å²) < 4.78 is 21.1. The van der Waals surface area contributed by atoms with Gasteiger partial charge in [-0.15, -0.1) is 0 Å². The summed E-state index contributed by atoms with van der Waals surface area (Å²) in [7, 11) is 1.66. The minimum atomic E-state index is -0.294. The number of aromatic nitrogens is 2. The third-order valence-corrected chi connectivity index (χ3v) is 6.25. The number of benzene rings is 2. The van der Waals surface area contributed by atoms with Gasteiger partial charge in [-0.25, -0.2) is 14.4 Å². The third-order valence-electron chi connectivity index (χ3n) is 6.25. The van der Waals surface area contributed by atoms with Crippen molar-refractivity contribution >= 4 is 11.9 Å². The number of aliphatic hydroxyl groups is 1. The lowest BCUT2D eigenvalue weighted by atomic mass is 9.90. The van der Waals surface area contributed by atoms with Gasteiger partial charge in [0.1, 0.15) is 11.6 Å². The van der Waals surface area contributed by atoms with Crippen LogP contribution in [0.3, 0.4) is 0 Å². The molecule has 0 amide bonds. The maximum absolute atomic E-state index is 13.5. The van der Waals surface area contributed by atoms with E-state index in [1.807, 2.05) is 63.6 Å². The fourth-order valence-corrected chi connectivity index (χ4v) is 4.56. The van der Waals surface area contributed by atoms with E-state index in [1.165, 1.54) is 12.1 Å². The number of aliphatic hydroxyl groups excluding tert-OH is 1. The number of ether oxygens (including phenoxy) is 1.